The number of aromatic nitrogens is 1. The molecule has 0 aliphatic carbocycles. The molecular weight excluding hydrogens is 426 g/mol. The molecule has 1 aromatic heterocycles. The number of nitrogens with zero attached hydrogens (tertiary/aromatic N) is 2. The monoisotopic (exact) mass is 455 g/mol. The second-order valence-corrected chi connectivity index (χ2v) is 10.00. The zero-order chi connectivity index (χ0) is 22.4. The summed E-state index contributed by atoms with van der Waals surface area (Å²) in [6.07, 6.45) is 2.46. The van der Waals surface area contributed by atoms with Gasteiger partial charge in [-0.05, 0) is 24.6 Å². The Morgan fingerprint density at radius 1 is 1.00 bits per heavy atom. The van der Waals surface area contributed by atoms with E-state index in [0.29, 0.717) is 11.9 Å². The van der Waals surface area contributed by atoms with E-state index < -0.39 is 9.84 Å². The van der Waals surface area contributed by atoms with Gasteiger partial charge in [0.15, 0.2) is 9.84 Å². The van der Waals surface area contributed by atoms with Crippen LogP contribution in [0.15, 0.2) is 65.7 Å². The molecule has 3 aromatic rings. The van der Waals surface area contributed by atoms with Crippen LogP contribution in [0.2, 0.25) is 0 Å². The minimum Gasteiger partial charge on any atom is -0.379 e. The zero-order valence-corrected chi connectivity index (χ0v) is 18.9. The van der Waals surface area contributed by atoms with E-state index in [1.807, 2.05) is 36.4 Å². The molecular formula is C24H29N3O4S. The number of carbonyl (C=O) groups excluding carboxylic acids is 1. The third-order valence-electron chi connectivity index (χ3n) is 5.68. The van der Waals surface area contributed by atoms with Gasteiger partial charge in [-0.2, -0.15) is 0 Å². The number of nitrogens with one attached hydrogen (secondary N) is 1. The molecule has 0 radical (unpaired) electrons. The summed E-state index contributed by atoms with van der Waals surface area (Å²) in [5.74, 6) is -0.199. The summed E-state index contributed by atoms with van der Waals surface area (Å²) >= 11 is 0. The Morgan fingerprint density at radius 2 is 1.72 bits per heavy atom. The predicted molar refractivity (Wildman–Crippen MR) is 124 cm³/mol. The Balaban J connectivity index is 1.42. The van der Waals surface area contributed by atoms with Crippen LogP contribution in [-0.4, -0.2) is 63.2 Å². The van der Waals surface area contributed by atoms with Crippen molar-refractivity contribution in [2.45, 2.75) is 23.6 Å². The van der Waals surface area contributed by atoms with Gasteiger partial charge < -0.3 is 14.6 Å². The highest BCUT2D eigenvalue weighted by molar-refractivity contribution is 7.90. The van der Waals surface area contributed by atoms with Gasteiger partial charge in [-0.25, -0.2) is 8.42 Å². The first-order valence-corrected chi connectivity index (χ1v) is 12.6. The molecule has 32 heavy (non-hydrogen) atoms. The number of hydrogen-bond donors (Lipinski definition) is 1. The number of para-hydroxylation sites is 1. The summed E-state index contributed by atoms with van der Waals surface area (Å²) in [6, 6.07) is 16.5. The number of carbonyl (C=O) groups is 1. The highest BCUT2D eigenvalue weighted by Crippen LogP contribution is 2.28. The number of hydrogen-bond acceptors (Lipinski definition) is 5. The molecule has 2 heterocycles. The van der Waals surface area contributed by atoms with Gasteiger partial charge in [0.25, 0.3) is 0 Å². The van der Waals surface area contributed by atoms with Gasteiger partial charge in [0, 0.05) is 36.7 Å². The molecule has 0 atom stereocenters. The molecule has 7 nitrogen and oxygen atoms in total. The van der Waals surface area contributed by atoms with Crippen LogP contribution < -0.4 is 5.32 Å². The average Bonchev–Trinajstić information content (AvgIpc) is 3.17. The third-order valence-corrected chi connectivity index (χ3v) is 7.39. The lowest BCUT2D eigenvalue weighted by molar-refractivity contribution is -0.121. The van der Waals surface area contributed by atoms with Crippen LogP contribution in [0.3, 0.4) is 0 Å². The zero-order valence-electron chi connectivity index (χ0n) is 18.1. The number of amides is 1. The standard InChI is InChI=1S/C24H29N3O4S/c28-24(25-11-6-12-26-13-15-31-16-14-26)18-27-17-23(21-9-4-5-10-22(21)27)32(29,30)19-20-7-2-1-3-8-20/h1-5,7-10,17H,6,11-16,18-19H2,(H,25,28). The fourth-order valence-corrected chi connectivity index (χ4v) is 5.61. The summed E-state index contributed by atoms with van der Waals surface area (Å²) in [5.41, 5.74) is 1.48. The van der Waals surface area contributed by atoms with Crippen molar-refractivity contribution in [1.29, 1.82) is 0 Å². The molecule has 4 rings (SSSR count). The van der Waals surface area contributed by atoms with E-state index in [9.17, 15) is 13.2 Å². The molecule has 0 unspecified atom stereocenters. The van der Waals surface area contributed by atoms with Crippen molar-refractivity contribution >= 4 is 26.6 Å². The Hall–Kier alpha value is -2.68. The molecule has 1 N–H and O–H groups in total. The fraction of sp³-hybridized carbons (Fsp3) is 0.375. The lowest BCUT2D eigenvalue weighted by Crippen LogP contribution is -2.38. The van der Waals surface area contributed by atoms with E-state index in [-0.39, 0.29) is 23.1 Å². The van der Waals surface area contributed by atoms with Crippen LogP contribution >= 0.6 is 0 Å². The highest BCUT2D eigenvalue weighted by Gasteiger charge is 2.22. The maximum Gasteiger partial charge on any atom is 0.239 e. The topological polar surface area (TPSA) is 80.6 Å². The van der Waals surface area contributed by atoms with Gasteiger partial charge in [-0.3, -0.25) is 9.69 Å². The number of benzene rings is 2. The smallest absolute Gasteiger partial charge is 0.239 e. The molecule has 0 saturated carbocycles. The fourth-order valence-electron chi connectivity index (χ4n) is 4.03. The largest absolute Gasteiger partial charge is 0.379 e. The van der Waals surface area contributed by atoms with Crippen LogP contribution in [0.5, 0.6) is 0 Å². The van der Waals surface area contributed by atoms with E-state index in [1.165, 1.54) is 0 Å². The first kappa shape index (κ1) is 22.5. The van der Waals surface area contributed by atoms with Gasteiger partial charge >= 0.3 is 0 Å². The summed E-state index contributed by atoms with van der Waals surface area (Å²) in [6.45, 7) is 5.00. The molecule has 1 saturated heterocycles. The van der Waals surface area contributed by atoms with Gasteiger partial charge in [0.05, 0.1) is 23.9 Å². The summed E-state index contributed by atoms with van der Waals surface area (Å²) < 4.78 is 33.4. The van der Waals surface area contributed by atoms with Crippen LogP contribution in [0.25, 0.3) is 10.9 Å². The van der Waals surface area contributed by atoms with Gasteiger partial charge in [-0.15, -0.1) is 0 Å². The van der Waals surface area contributed by atoms with E-state index in [1.54, 1.807) is 29.0 Å². The van der Waals surface area contributed by atoms with Crippen molar-refractivity contribution in [3.8, 4) is 0 Å². The van der Waals surface area contributed by atoms with Crippen LogP contribution in [0.4, 0.5) is 0 Å². The number of rotatable bonds is 9. The van der Waals surface area contributed by atoms with Crippen molar-refractivity contribution in [1.82, 2.24) is 14.8 Å². The Kier molecular flexibility index (Phi) is 7.24. The second-order valence-electron chi connectivity index (χ2n) is 8.04. The number of ether oxygens (including phenoxy) is 1. The minimum absolute atomic E-state index is 0.0738. The van der Waals surface area contributed by atoms with E-state index >= 15 is 0 Å². The number of fused-ring (bicyclic) bond motifs is 1. The number of morpholine rings is 1. The SMILES string of the molecule is O=C(Cn1cc(S(=O)(=O)Cc2ccccc2)c2ccccc21)NCCCN1CCOCC1. The highest BCUT2D eigenvalue weighted by atomic mass is 32.2. The first-order valence-electron chi connectivity index (χ1n) is 10.9. The van der Waals surface area contributed by atoms with Gasteiger partial charge in [0.1, 0.15) is 6.54 Å². The van der Waals surface area contributed by atoms with Crippen molar-refractivity contribution in [3.63, 3.8) is 0 Å². The molecule has 0 bridgehead atoms. The quantitative estimate of drug-likeness (QED) is 0.502. The third kappa shape index (κ3) is 5.56. The summed E-state index contributed by atoms with van der Waals surface area (Å²) in [5, 5.41) is 3.60. The molecule has 1 aliphatic rings. The molecule has 2 aromatic carbocycles. The van der Waals surface area contributed by atoms with Gasteiger partial charge in [0.2, 0.25) is 5.91 Å². The van der Waals surface area contributed by atoms with Crippen molar-refractivity contribution in [2.24, 2.45) is 0 Å². The Labute approximate surface area is 188 Å². The lowest BCUT2D eigenvalue weighted by atomic mass is 10.2. The van der Waals surface area contributed by atoms with Crippen LogP contribution in [0.1, 0.15) is 12.0 Å². The lowest BCUT2D eigenvalue weighted by Gasteiger charge is -2.26. The Morgan fingerprint density at radius 3 is 2.50 bits per heavy atom. The van der Waals surface area contributed by atoms with Crippen molar-refractivity contribution in [2.75, 3.05) is 39.4 Å². The molecule has 1 fully saturated rings. The van der Waals surface area contributed by atoms with Crippen LogP contribution in [-0.2, 0) is 31.7 Å². The predicted octanol–water partition coefficient (Wildman–Crippen LogP) is 2.45. The van der Waals surface area contributed by atoms with E-state index in [4.69, 9.17) is 4.74 Å². The summed E-state index contributed by atoms with van der Waals surface area (Å²) in [7, 11) is -3.56. The normalized spacial score (nSPS) is 15.1. The molecule has 0 spiro atoms. The van der Waals surface area contributed by atoms with Gasteiger partial charge in [-0.1, -0.05) is 48.5 Å². The maximum atomic E-state index is 13.1. The molecule has 170 valence electrons. The second kappa shape index (κ2) is 10.3. The van der Waals surface area contributed by atoms with Crippen molar-refractivity contribution in [3.05, 3.63) is 66.4 Å². The molecule has 1 amide bonds. The molecule has 1 aliphatic heterocycles. The average molecular weight is 456 g/mol. The number of sulfone groups is 1. The maximum absolute atomic E-state index is 13.1. The Bertz CT molecular complexity index is 1150. The van der Waals surface area contributed by atoms with E-state index in [2.05, 4.69) is 10.2 Å². The van der Waals surface area contributed by atoms with Crippen LogP contribution in [0, 0.1) is 0 Å². The van der Waals surface area contributed by atoms with Crippen molar-refractivity contribution < 1.29 is 17.9 Å². The summed E-state index contributed by atoms with van der Waals surface area (Å²) in [4.78, 5) is 15.1. The van der Waals surface area contributed by atoms with E-state index in [0.717, 1.165) is 50.3 Å². The molecule has 8 heteroatoms. The minimum atomic E-state index is -3.56. The first-order chi connectivity index (χ1) is 15.5.